The summed E-state index contributed by atoms with van der Waals surface area (Å²) in [6.45, 7) is 1.37. The normalized spacial score (nSPS) is 17.2. The molecule has 2 heterocycles. The van der Waals surface area contributed by atoms with Gasteiger partial charge in [-0.05, 0) is 27.4 Å². The lowest BCUT2D eigenvalue weighted by atomic mass is 10.1. The first-order valence-corrected chi connectivity index (χ1v) is 5.63. The van der Waals surface area contributed by atoms with Crippen molar-refractivity contribution < 1.29 is 4.79 Å². The van der Waals surface area contributed by atoms with Crippen LogP contribution in [0.3, 0.4) is 0 Å². The summed E-state index contributed by atoms with van der Waals surface area (Å²) in [5, 5.41) is 1.90. The van der Waals surface area contributed by atoms with E-state index in [-0.39, 0.29) is 11.9 Å². The van der Waals surface area contributed by atoms with Crippen molar-refractivity contribution in [3.05, 3.63) is 20.8 Å². The molecule has 0 aliphatic carbocycles. The second kappa shape index (κ2) is 3.40. The van der Waals surface area contributed by atoms with Crippen molar-refractivity contribution in [2.45, 2.75) is 6.04 Å². The lowest BCUT2D eigenvalue weighted by Crippen LogP contribution is -2.57. The van der Waals surface area contributed by atoms with Crippen molar-refractivity contribution in [2.75, 3.05) is 13.1 Å². The number of halogens is 1. The highest BCUT2D eigenvalue weighted by Crippen LogP contribution is 2.25. The molecule has 0 spiro atoms. The van der Waals surface area contributed by atoms with Crippen LogP contribution in [-0.2, 0) is 0 Å². The molecule has 0 radical (unpaired) electrons. The quantitative estimate of drug-likeness (QED) is 0.828. The van der Waals surface area contributed by atoms with Crippen molar-refractivity contribution in [2.24, 2.45) is 5.73 Å². The molecule has 1 aliphatic rings. The largest absolute Gasteiger partial charge is 0.335 e. The van der Waals surface area contributed by atoms with Crippen LogP contribution in [-0.4, -0.2) is 29.9 Å². The Hall–Kier alpha value is -0.390. The van der Waals surface area contributed by atoms with E-state index in [1.165, 1.54) is 11.3 Å². The fourth-order valence-corrected chi connectivity index (χ4v) is 2.78. The fraction of sp³-hybridized carbons (Fsp3) is 0.375. The Morgan fingerprint density at radius 1 is 1.69 bits per heavy atom. The highest BCUT2D eigenvalue weighted by Gasteiger charge is 2.29. The van der Waals surface area contributed by atoms with E-state index < -0.39 is 0 Å². The number of amides is 1. The molecule has 0 unspecified atom stereocenters. The minimum Gasteiger partial charge on any atom is -0.335 e. The number of carbonyl (C=O) groups excluding carboxylic acids is 1. The minimum absolute atomic E-state index is 0.0866. The lowest BCUT2D eigenvalue weighted by molar-refractivity contribution is 0.0612. The minimum atomic E-state index is 0.0866. The van der Waals surface area contributed by atoms with Gasteiger partial charge in [-0.1, -0.05) is 0 Å². The van der Waals surface area contributed by atoms with Crippen LogP contribution in [0.1, 0.15) is 9.67 Å². The molecule has 5 heteroatoms. The average Bonchev–Trinajstić information content (AvgIpc) is 2.44. The van der Waals surface area contributed by atoms with Crippen molar-refractivity contribution in [1.82, 2.24) is 4.90 Å². The van der Waals surface area contributed by atoms with Gasteiger partial charge in [-0.2, -0.15) is 0 Å². The van der Waals surface area contributed by atoms with Gasteiger partial charge in [-0.25, -0.2) is 0 Å². The number of hydrogen-bond acceptors (Lipinski definition) is 3. The monoisotopic (exact) mass is 260 g/mol. The molecule has 2 rings (SSSR count). The van der Waals surface area contributed by atoms with Gasteiger partial charge in [-0.15, -0.1) is 11.3 Å². The van der Waals surface area contributed by atoms with Crippen LogP contribution in [0.4, 0.5) is 0 Å². The Morgan fingerprint density at radius 3 is 2.85 bits per heavy atom. The number of carbonyl (C=O) groups is 1. The zero-order valence-electron chi connectivity index (χ0n) is 6.87. The third-order valence-corrected chi connectivity index (χ3v) is 3.83. The van der Waals surface area contributed by atoms with Crippen molar-refractivity contribution in [3.63, 3.8) is 0 Å². The maximum Gasteiger partial charge on any atom is 0.265 e. The van der Waals surface area contributed by atoms with Crippen molar-refractivity contribution >= 4 is 33.2 Å². The van der Waals surface area contributed by atoms with Crippen LogP contribution in [0.25, 0.3) is 0 Å². The molecule has 1 fully saturated rings. The molecule has 1 aliphatic heterocycles. The van der Waals surface area contributed by atoms with E-state index in [4.69, 9.17) is 5.73 Å². The predicted octanol–water partition coefficient (Wildman–Crippen LogP) is 1.29. The smallest absolute Gasteiger partial charge is 0.265 e. The zero-order chi connectivity index (χ0) is 9.42. The van der Waals surface area contributed by atoms with E-state index >= 15 is 0 Å². The highest BCUT2D eigenvalue weighted by molar-refractivity contribution is 9.10. The van der Waals surface area contributed by atoms with Crippen LogP contribution in [0, 0.1) is 0 Å². The molecule has 3 nitrogen and oxygen atoms in total. The molecular formula is C8H9BrN2OS. The lowest BCUT2D eigenvalue weighted by Gasteiger charge is -2.36. The summed E-state index contributed by atoms with van der Waals surface area (Å²) in [6, 6.07) is 2.06. The molecule has 1 aromatic heterocycles. The Bertz CT molecular complexity index is 333. The number of rotatable bonds is 1. The van der Waals surface area contributed by atoms with Crippen molar-refractivity contribution in [3.8, 4) is 0 Å². The van der Waals surface area contributed by atoms with Gasteiger partial charge in [0, 0.05) is 23.6 Å². The second-order valence-corrected chi connectivity index (χ2v) is 4.84. The summed E-state index contributed by atoms with van der Waals surface area (Å²) in [4.78, 5) is 14.2. The topological polar surface area (TPSA) is 46.3 Å². The van der Waals surface area contributed by atoms with E-state index in [0.717, 1.165) is 9.35 Å². The number of hydrogen-bond donors (Lipinski definition) is 1. The molecule has 70 valence electrons. The molecule has 1 aromatic rings. The first-order chi connectivity index (χ1) is 6.18. The Balaban J connectivity index is 2.10. The van der Waals surface area contributed by atoms with Gasteiger partial charge in [0.25, 0.3) is 5.91 Å². The summed E-state index contributed by atoms with van der Waals surface area (Å²) in [5.74, 6) is 0.0866. The van der Waals surface area contributed by atoms with Gasteiger partial charge in [0.15, 0.2) is 0 Å². The maximum absolute atomic E-state index is 11.7. The third kappa shape index (κ3) is 1.63. The van der Waals surface area contributed by atoms with Crippen LogP contribution >= 0.6 is 27.3 Å². The van der Waals surface area contributed by atoms with Crippen LogP contribution < -0.4 is 5.73 Å². The average molecular weight is 261 g/mol. The van der Waals surface area contributed by atoms with E-state index in [2.05, 4.69) is 15.9 Å². The molecule has 0 saturated carbocycles. The molecule has 0 aromatic carbocycles. The maximum atomic E-state index is 11.7. The van der Waals surface area contributed by atoms with E-state index in [0.29, 0.717) is 13.1 Å². The summed E-state index contributed by atoms with van der Waals surface area (Å²) in [5.41, 5.74) is 5.60. The molecule has 13 heavy (non-hydrogen) atoms. The molecule has 1 saturated heterocycles. The number of thiophene rings is 1. The highest BCUT2D eigenvalue weighted by atomic mass is 79.9. The number of likely N-dealkylation sites (tertiary alicyclic amines) is 1. The fourth-order valence-electron chi connectivity index (χ4n) is 1.27. The van der Waals surface area contributed by atoms with Gasteiger partial charge in [0.05, 0.1) is 0 Å². The van der Waals surface area contributed by atoms with Gasteiger partial charge >= 0.3 is 0 Å². The molecule has 0 bridgehead atoms. The van der Waals surface area contributed by atoms with Gasteiger partial charge in [0.2, 0.25) is 0 Å². The second-order valence-electron chi connectivity index (χ2n) is 3.07. The van der Waals surface area contributed by atoms with E-state index in [1.807, 2.05) is 11.4 Å². The summed E-state index contributed by atoms with van der Waals surface area (Å²) < 4.78 is 0.878. The van der Waals surface area contributed by atoms with Crippen LogP contribution in [0.2, 0.25) is 0 Å². The third-order valence-electron chi connectivity index (χ3n) is 2.01. The molecule has 0 atom stereocenters. The molecule has 1 amide bonds. The first kappa shape index (κ1) is 9.18. The van der Waals surface area contributed by atoms with E-state index in [1.54, 1.807) is 4.90 Å². The molecule has 2 N–H and O–H groups in total. The predicted molar refractivity (Wildman–Crippen MR) is 55.9 cm³/mol. The Kier molecular flexibility index (Phi) is 2.40. The Morgan fingerprint density at radius 2 is 2.38 bits per heavy atom. The first-order valence-electron chi connectivity index (χ1n) is 3.96. The van der Waals surface area contributed by atoms with Gasteiger partial charge < -0.3 is 10.6 Å². The number of nitrogens with two attached hydrogens (primary N) is 1. The van der Waals surface area contributed by atoms with Gasteiger partial charge in [0.1, 0.15) is 4.88 Å². The summed E-state index contributed by atoms with van der Waals surface area (Å²) in [7, 11) is 0. The Labute approximate surface area is 88.7 Å². The number of nitrogens with zero attached hydrogens (tertiary/aromatic N) is 1. The van der Waals surface area contributed by atoms with Crippen LogP contribution in [0.15, 0.2) is 15.9 Å². The summed E-state index contributed by atoms with van der Waals surface area (Å²) >= 11 is 4.79. The van der Waals surface area contributed by atoms with Crippen molar-refractivity contribution in [1.29, 1.82) is 0 Å². The summed E-state index contributed by atoms with van der Waals surface area (Å²) in [6.07, 6.45) is 0. The SMILES string of the molecule is NC1CN(C(=O)c2sccc2Br)C1. The standard InChI is InChI=1S/C8H9BrN2OS/c9-6-1-2-13-7(6)8(12)11-3-5(10)4-11/h1-2,5H,3-4,10H2. The van der Waals surface area contributed by atoms with Crippen LogP contribution in [0.5, 0.6) is 0 Å². The molecular weight excluding hydrogens is 252 g/mol. The zero-order valence-corrected chi connectivity index (χ0v) is 9.27. The van der Waals surface area contributed by atoms with Gasteiger partial charge in [-0.3, -0.25) is 4.79 Å². The van der Waals surface area contributed by atoms with E-state index in [9.17, 15) is 4.79 Å².